The fraction of sp³-hybridized carbons (Fsp3) is 0.579. The van der Waals surface area contributed by atoms with Crippen LogP contribution in [0.15, 0.2) is 30.3 Å². The Labute approximate surface area is 143 Å². The molecule has 1 saturated heterocycles. The summed E-state index contributed by atoms with van der Waals surface area (Å²) in [5, 5.41) is 0. The molecule has 0 unspecified atom stereocenters. The molecule has 5 heteroatoms. The molecule has 0 spiro atoms. The minimum Gasteiger partial charge on any atom is -0.464 e. The van der Waals surface area contributed by atoms with Gasteiger partial charge in [-0.05, 0) is 37.7 Å². The minimum atomic E-state index is -0.891. The molecule has 0 bridgehead atoms. The van der Waals surface area contributed by atoms with E-state index in [-0.39, 0.29) is 18.5 Å². The number of amides is 1. The molecule has 1 amide bonds. The average molecular weight is 333 g/mol. The van der Waals surface area contributed by atoms with Crippen molar-refractivity contribution in [2.75, 3.05) is 13.2 Å². The van der Waals surface area contributed by atoms with Crippen LogP contribution in [0.4, 0.5) is 4.79 Å². The van der Waals surface area contributed by atoms with Gasteiger partial charge in [-0.3, -0.25) is 4.90 Å². The van der Waals surface area contributed by atoms with Gasteiger partial charge in [-0.2, -0.15) is 0 Å². The summed E-state index contributed by atoms with van der Waals surface area (Å²) >= 11 is 0. The Morgan fingerprint density at radius 2 is 1.92 bits per heavy atom. The lowest BCUT2D eigenvalue weighted by molar-refractivity contribution is -0.156. The highest BCUT2D eigenvalue weighted by atomic mass is 16.6. The Kier molecular flexibility index (Phi) is 6.23. The second kappa shape index (κ2) is 8.18. The number of likely N-dealkylation sites (tertiary alicyclic amines) is 1. The lowest BCUT2D eigenvalue weighted by atomic mass is 9.86. The van der Waals surface area contributed by atoms with E-state index in [0.29, 0.717) is 26.0 Å². The number of carbonyl (C=O) groups is 2. The molecule has 1 atom stereocenters. The van der Waals surface area contributed by atoms with Gasteiger partial charge in [0.25, 0.3) is 0 Å². The molecule has 5 nitrogen and oxygen atoms in total. The first-order valence-electron chi connectivity index (χ1n) is 8.65. The largest absolute Gasteiger partial charge is 0.464 e. The lowest BCUT2D eigenvalue weighted by Gasteiger charge is -2.36. The Morgan fingerprint density at radius 1 is 1.21 bits per heavy atom. The van der Waals surface area contributed by atoms with Crippen LogP contribution in [-0.4, -0.2) is 35.7 Å². The number of esters is 1. The number of carbonyl (C=O) groups excluding carboxylic acids is 2. The van der Waals surface area contributed by atoms with Crippen LogP contribution < -0.4 is 0 Å². The van der Waals surface area contributed by atoms with Gasteiger partial charge >= 0.3 is 12.1 Å². The molecule has 1 aromatic rings. The quantitative estimate of drug-likeness (QED) is 0.744. The maximum absolute atomic E-state index is 12.6. The van der Waals surface area contributed by atoms with E-state index in [2.05, 4.69) is 0 Å². The van der Waals surface area contributed by atoms with Crippen molar-refractivity contribution in [3.63, 3.8) is 0 Å². The van der Waals surface area contributed by atoms with E-state index in [1.54, 1.807) is 11.8 Å². The van der Waals surface area contributed by atoms with E-state index in [9.17, 15) is 9.59 Å². The van der Waals surface area contributed by atoms with Crippen molar-refractivity contribution in [1.82, 2.24) is 4.90 Å². The highest BCUT2D eigenvalue weighted by molar-refractivity contribution is 5.86. The maximum Gasteiger partial charge on any atom is 0.411 e. The van der Waals surface area contributed by atoms with Gasteiger partial charge in [0.1, 0.15) is 12.1 Å². The first kappa shape index (κ1) is 18.3. The normalized spacial score (nSPS) is 20.2. The van der Waals surface area contributed by atoms with E-state index < -0.39 is 11.6 Å². The first-order chi connectivity index (χ1) is 11.5. The third kappa shape index (κ3) is 4.08. The summed E-state index contributed by atoms with van der Waals surface area (Å²) in [5.41, 5.74) is 0.0356. The monoisotopic (exact) mass is 333 g/mol. The van der Waals surface area contributed by atoms with Crippen molar-refractivity contribution >= 4 is 12.1 Å². The van der Waals surface area contributed by atoms with Gasteiger partial charge in [-0.15, -0.1) is 0 Å². The van der Waals surface area contributed by atoms with E-state index >= 15 is 0 Å². The van der Waals surface area contributed by atoms with Gasteiger partial charge < -0.3 is 9.47 Å². The van der Waals surface area contributed by atoms with Crippen molar-refractivity contribution < 1.29 is 19.1 Å². The van der Waals surface area contributed by atoms with Crippen LogP contribution in [0.1, 0.15) is 45.6 Å². The van der Waals surface area contributed by atoms with Crippen LogP contribution in [0.25, 0.3) is 0 Å². The van der Waals surface area contributed by atoms with Crippen LogP contribution in [0.2, 0.25) is 0 Å². The molecule has 0 N–H and O–H groups in total. The number of nitrogens with zero attached hydrogens (tertiary/aromatic N) is 1. The zero-order valence-electron chi connectivity index (χ0n) is 14.8. The summed E-state index contributed by atoms with van der Waals surface area (Å²) in [7, 11) is 0. The molecule has 0 saturated carbocycles. The van der Waals surface area contributed by atoms with Gasteiger partial charge in [0.05, 0.1) is 6.61 Å². The van der Waals surface area contributed by atoms with Gasteiger partial charge in [-0.1, -0.05) is 44.2 Å². The van der Waals surface area contributed by atoms with Crippen molar-refractivity contribution in [3.8, 4) is 0 Å². The molecule has 0 aromatic heterocycles. The molecular formula is C19H27NO4. The van der Waals surface area contributed by atoms with Crippen LogP contribution in [0.3, 0.4) is 0 Å². The Bertz CT molecular complexity index is 558. The number of hydrogen-bond donors (Lipinski definition) is 0. The molecular weight excluding hydrogens is 306 g/mol. The standard InChI is InChI=1S/C19H27NO4/c1-4-23-17(21)19(13-15(2)3)11-8-12-20(19)18(22)24-14-16-9-6-5-7-10-16/h5-7,9-10,15H,4,8,11-14H2,1-3H3/t19-/m0/s1. The maximum atomic E-state index is 12.6. The Hall–Kier alpha value is -2.04. The number of ether oxygens (including phenoxy) is 2. The zero-order valence-corrected chi connectivity index (χ0v) is 14.8. The Balaban J connectivity index is 2.12. The van der Waals surface area contributed by atoms with E-state index in [1.807, 2.05) is 44.2 Å². The molecule has 0 aliphatic carbocycles. The third-order valence-electron chi connectivity index (χ3n) is 4.32. The number of benzene rings is 1. The summed E-state index contributed by atoms with van der Waals surface area (Å²) in [6.45, 7) is 6.93. The molecule has 1 fully saturated rings. The summed E-state index contributed by atoms with van der Waals surface area (Å²) in [6.07, 6.45) is 1.56. The van der Waals surface area contributed by atoms with Crippen LogP contribution in [-0.2, 0) is 20.9 Å². The topological polar surface area (TPSA) is 55.8 Å². The van der Waals surface area contributed by atoms with Crippen molar-refractivity contribution in [3.05, 3.63) is 35.9 Å². The van der Waals surface area contributed by atoms with Crippen molar-refractivity contribution in [1.29, 1.82) is 0 Å². The minimum absolute atomic E-state index is 0.205. The fourth-order valence-corrected chi connectivity index (χ4v) is 3.39. The van der Waals surface area contributed by atoms with E-state index in [1.165, 1.54) is 0 Å². The number of hydrogen-bond acceptors (Lipinski definition) is 4. The van der Waals surface area contributed by atoms with Gasteiger partial charge in [0, 0.05) is 6.54 Å². The predicted molar refractivity (Wildman–Crippen MR) is 91.4 cm³/mol. The van der Waals surface area contributed by atoms with Gasteiger partial charge in [-0.25, -0.2) is 9.59 Å². The summed E-state index contributed by atoms with van der Waals surface area (Å²) in [6, 6.07) is 9.54. The summed E-state index contributed by atoms with van der Waals surface area (Å²) in [5.74, 6) is -0.0372. The molecule has 0 radical (unpaired) electrons. The predicted octanol–water partition coefficient (Wildman–Crippen LogP) is 3.77. The third-order valence-corrected chi connectivity index (χ3v) is 4.32. The second-order valence-corrected chi connectivity index (χ2v) is 6.65. The summed E-state index contributed by atoms with van der Waals surface area (Å²) in [4.78, 5) is 26.8. The molecule has 132 valence electrons. The fourth-order valence-electron chi connectivity index (χ4n) is 3.39. The van der Waals surface area contributed by atoms with Crippen LogP contribution in [0, 0.1) is 5.92 Å². The highest BCUT2D eigenvalue weighted by Crippen LogP contribution is 2.37. The Morgan fingerprint density at radius 3 is 2.54 bits per heavy atom. The van der Waals surface area contributed by atoms with E-state index in [0.717, 1.165) is 12.0 Å². The highest BCUT2D eigenvalue weighted by Gasteiger charge is 2.51. The molecule has 1 aliphatic heterocycles. The number of rotatable bonds is 6. The SMILES string of the molecule is CCOC(=O)[C@@]1(CC(C)C)CCCN1C(=O)OCc1ccccc1. The average Bonchev–Trinajstić information content (AvgIpc) is 2.98. The zero-order chi connectivity index (χ0) is 17.6. The molecule has 2 rings (SSSR count). The molecule has 1 aromatic carbocycles. The first-order valence-corrected chi connectivity index (χ1v) is 8.65. The van der Waals surface area contributed by atoms with Gasteiger partial charge in [0.15, 0.2) is 0 Å². The molecule has 1 aliphatic rings. The second-order valence-electron chi connectivity index (χ2n) is 6.65. The molecule has 24 heavy (non-hydrogen) atoms. The summed E-state index contributed by atoms with van der Waals surface area (Å²) < 4.78 is 10.7. The van der Waals surface area contributed by atoms with Crippen LogP contribution in [0.5, 0.6) is 0 Å². The van der Waals surface area contributed by atoms with Gasteiger partial charge in [0.2, 0.25) is 0 Å². The van der Waals surface area contributed by atoms with Crippen molar-refractivity contribution in [2.45, 2.75) is 52.2 Å². The van der Waals surface area contributed by atoms with Crippen molar-refractivity contribution in [2.24, 2.45) is 5.92 Å². The lowest BCUT2D eigenvalue weighted by Crippen LogP contribution is -2.54. The smallest absolute Gasteiger partial charge is 0.411 e. The molecule has 1 heterocycles. The van der Waals surface area contributed by atoms with E-state index in [4.69, 9.17) is 9.47 Å². The van der Waals surface area contributed by atoms with Crippen LogP contribution >= 0.6 is 0 Å².